The van der Waals surface area contributed by atoms with E-state index in [1.54, 1.807) is 0 Å². The van der Waals surface area contributed by atoms with Crippen LogP contribution in [0.5, 0.6) is 0 Å². The zero-order valence-corrected chi connectivity index (χ0v) is 8.25. The monoisotopic (exact) mass is 200 g/mol. The Morgan fingerprint density at radius 3 is 2.93 bits per heavy atom. The molecule has 1 rings (SSSR count). The van der Waals surface area contributed by atoms with Crippen LogP contribution in [0, 0.1) is 0 Å². The van der Waals surface area contributed by atoms with Crippen LogP contribution >= 0.6 is 0 Å². The number of amides is 3. The minimum atomic E-state index is -0.793. The van der Waals surface area contributed by atoms with E-state index in [4.69, 9.17) is 5.73 Å². The molecule has 80 valence electrons. The molecule has 0 aromatic heterocycles. The maximum atomic E-state index is 11.2. The number of primary amides is 1. The molecule has 6 nitrogen and oxygen atoms in total. The van der Waals surface area contributed by atoms with E-state index in [-0.39, 0.29) is 12.5 Å². The quantitative estimate of drug-likeness (QED) is 0.505. The Hall–Kier alpha value is -1.14. The minimum Gasteiger partial charge on any atom is -0.351 e. The van der Waals surface area contributed by atoms with Gasteiger partial charge in [0.25, 0.3) is 0 Å². The summed E-state index contributed by atoms with van der Waals surface area (Å²) in [6, 6.07) is -0.414. The lowest BCUT2D eigenvalue weighted by Gasteiger charge is -2.30. The van der Waals surface area contributed by atoms with E-state index in [9.17, 15) is 9.59 Å². The standard InChI is InChI=1S/C8H16N4O2/c1-6-4-12(3-2-10-6)5-7(13)11-8(9)14/h6,10H,2-5H2,1H3,(H3,9,11,13,14)/t6-/m1/s1. The first kappa shape index (κ1) is 10.9. The molecule has 0 aromatic rings. The summed E-state index contributed by atoms with van der Waals surface area (Å²) in [5, 5.41) is 5.30. The van der Waals surface area contributed by atoms with Gasteiger partial charge in [0.1, 0.15) is 0 Å². The van der Waals surface area contributed by atoms with Crippen LogP contribution in [0.1, 0.15) is 6.92 Å². The van der Waals surface area contributed by atoms with Gasteiger partial charge in [0, 0.05) is 25.7 Å². The molecule has 0 radical (unpaired) electrons. The summed E-state index contributed by atoms with van der Waals surface area (Å²) in [4.78, 5) is 23.5. The molecule has 0 saturated carbocycles. The first-order valence-electron chi connectivity index (χ1n) is 4.63. The van der Waals surface area contributed by atoms with Gasteiger partial charge in [-0.2, -0.15) is 0 Å². The highest BCUT2D eigenvalue weighted by Crippen LogP contribution is 1.97. The maximum absolute atomic E-state index is 11.2. The predicted molar refractivity (Wildman–Crippen MR) is 51.6 cm³/mol. The van der Waals surface area contributed by atoms with Gasteiger partial charge in [-0.25, -0.2) is 4.79 Å². The molecule has 1 saturated heterocycles. The van der Waals surface area contributed by atoms with Crippen LogP contribution in [-0.2, 0) is 4.79 Å². The topological polar surface area (TPSA) is 87.5 Å². The Kier molecular flexibility index (Phi) is 3.84. The molecule has 1 aliphatic heterocycles. The summed E-state index contributed by atoms with van der Waals surface area (Å²) >= 11 is 0. The third-order valence-electron chi connectivity index (χ3n) is 2.08. The number of imide groups is 1. The highest BCUT2D eigenvalue weighted by Gasteiger charge is 2.18. The van der Waals surface area contributed by atoms with Crippen LogP contribution < -0.4 is 16.4 Å². The molecule has 3 amide bonds. The second-order valence-corrected chi connectivity index (χ2v) is 3.50. The fourth-order valence-electron chi connectivity index (χ4n) is 1.54. The summed E-state index contributed by atoms with van der Waals surface area (Å²) in [5.41, 5.74) is 4.82. The summed E-state index contributed by atoms with van der Waals surface area (Å²) in [7, 11) is 0. The molecule has 1 aliphatic rings. The Labute approximate surface area is 82.8 Å². The van der Waals surface area contributed by atoms with Crippen LogP contribution in [0.25, 0.3) is 0 Å². The fourth-order valence-corrected chi connectivity index (χ4v) is 1.54. The number of rotatable bonds is 2. The lowest BCUT2D eigenvalue weighted by atomic mass is 10.2. The largest absolute Gasteiger partial charge is 0.351 e. The van der Waals surface area contributed by atoms with Gasteiger partial charge >= 0.3 is 6.03 Å². The number of nitrogens with one attached hydrogen (secondary N) is 2. The van der Waals surface area contributed by atoms with E-state index in [1.165, 1.54) is 0 Å². The molecule has 0 bridgehead atoms. The van der Waals surface area contributed by atoms with Crippen LogP contribution in [0.15, 0.2) is 0 Å². The number of carbonyl (C=O) groups is 2. The van der Waals surface area contributed by atoms with Crippen molar-refractivity contribution >= 4 is 11.9 Å². The summed E-state index contributed by atoms with van der Waals surface area (Å²) in [6.45, 7) is 4.78. The smallest absolute Gasteiger partial charge is 0.318 e. The van der Waals surface area contributed by atoms with E-state index >= 15 is 0 Å². The SMILES string of the molecule is C[C@@H]1CN(CC(=O)NC(N)=O)CCN1. The molecule has 4 N–H and O–H groups in total. The summed E-state index contributed by atoms with van der Waals surface area (Å²) < 4.78 is 0. The molecule has 0 aliphatic carbocycles. The molecular weight excluding hydrogens is 184 g/mol. The molecular formula is C8H16N4O2. The lowest BCUT2D eigenvalue weighted by Crippen LogP contribution is -2.52. The van der Waals surface area contributed by atoms with Gasteiger partial charge in [-0.05, 0) is 6.92 Å². The van der Waals surface area contributed by atoms with Gasteiger partial charge in [0.2, 0.25) is 5.91 Å². The second-order valence-electron chi connectivity index (χ2n) is 3.50. The van der Waals surface area contributed by atoms with Gasteiger partial charge in [-0.1, -0.05) is 0 Å². The molecule has 1 heterocycles. The van der Waals surface area contributed by atoms with Crippen LogP contribution in [0.3, 0.4) is 0 Å². The van der Waals surface area contributed by atoms with Crippen LogP contribution in [0.4, 0.5) is 4.79 Å². The van der Waals surface area contributed by atoms with Crippen molar-refractivity contribution in [2.24, 2.45) is 5.73 Å². The Morgan fingerprint density at radius 2 is 2.36 bits per heavy atom. The number of hydrogen-bond donors (Lipinski definition) is 3. The van der Waals surface area contributed by atoms with Gasteiger partial charge < -0.3 is 11.1 Å². The molecule has 0 aromatic carbocycles. The third-order valence-corrected chi connectivity index (χ3v) is 2.08. The Balaban J connectivity index is 2.28. The van der Waals surface area contributed by atoms with Crippen molar-refractivity contribution in [1.82, 2.24) is 15.5 Å². The van der Waals surface area contributed by atoms with E-state index < -0.39 is 6.03 Å². The fraction of sp³-hybridized carbons (Fsp3) is 0.750. The molecule has 1 fully saturated rings. The number of nitrogens with two attached hydrogens (primary N) is 1. The number of nitrogens with zero attached hydrogens (tertiary/aromatic N) is 1. The molecule has 6 heteroatoms. The molecule has 0 unspecified atom stereocenters. The molecule has 0 spiro atoms. The Bertz CT molecular complexity index is 231. The van der Waals surface area contributed by atoms with Gasteiger partial charge in [-0.3, -0.25) is 15.0 Å². The van der Waals surface area contributed by atoms with Crippen molar-refractivity contribution in [2.75, 3.05) is 26.2 Å². The first-order chi connectivity index (χ1) is 6.58. The highest BCUT2D eigenvalue weighted by molar-refractivity contribution is 5.94. The normalized spacial score (nSPS) is 23.1. The average Bonchev–Trinajstić information content (AvgIpc) is 2.01. The van der Waals surface area contributed by atoms with Crippen molar-refractivity contribution in [3.05, 3.63) is 0 Å². The summed E-state index contributed by atoms with van der Waals surface area (Å²) in [5.74, 6) is -0.341. The highest BCUT2D eigenvalue weighted by atomic mass is 16.2. The van der Waals surface area contributed by atoms with E-state index in [0.29, 0.717) is 6.04 Å². The van der Waals surface area contributed by atoms with Gasteiger partial charge in [0.05, 0.1) is 6.54 Å². The summed E-state index contributed by atoms with van der Waals surface area (Å²) in [6.07, 6.45) is 0. The number of hydrogen-bond acceptors (Lipinski definition) is 4. The number of piperazine rings is 1. The van der Waals surface area contributed by atoms with Crippen molar-refractivity contribution in [2.45, 2.75) is 13.0 Å². The van der Waals surface area contributed by atoms with Crippen molar-refractivity contribution in [1.29, 1.82) is 0 Å². The van der Waals surface area contributed by atoms with Crippen molar-refractivity contribution in [3.63, 3.8) is 0 Å². The van der Waals surface area contributed by atoms with Crippen molar-refractivity contribution in [3.8, 4) is 0 Å². The molecule has 1 atom stereocenters. The zero-order chi connectivity index (χ0) is 10.6. The number of carbonyl (C=O) groups excluding carboxylic acids is 2. The zero-order valence-electron chi connectivity index (χ0n) is 8.25. The predicted octanol–water partition coefficient (Wildman–Crippen LogP) is -1.52. The average molecular weight is 200 g/mol. The van der Waals surface area contributed by atoms with Crippen LogP contribution in [0.2, 0.25) is 0 Å². The van der Waals surface area contributed by atoms with Crippen LogP contribution in [-0.4, -0.2) is 49.1 Å². The minimum absolute atomic E-state index is 0.231. The van der Waals surface area contributed by atoms with Gasteiger partial charge in [-0.15, -0.1) is 0 Å². The van der Waals surface area contributed by atoms with Gasteiger partial charge in [0.15, 0.2) is 0 Å². The first-order valence-corrected chi connectivity index (χ1v) is 4.63. The Morgan fingerprint density at radius 1 is 1.64 bits per heavy atom. The second kappa shape index (κ2) is 4.92. The van der Waals surface area contributed by atoms with E-state index in [0.717, 1.165) is 19.6 Å². The number of urea groups is 1. The third kappa shape index (κ3) is 3.71. The molecule has 14 heavy (non-hydrogen) atoms. The van der Waals surface area contributed by atoms with E-state index in [2.05, 4.69) is 12.2 Å². The maximum Gasteiger partial charge on any atom is 0.318 e. The lowest BCUT2D eigenvalue weighted by molar-refractivity contribution is -0.121. The van der Waals surface area contributed by atoms with E-state index in [1.807, 2.05) is 10.2 Å². The van der Waals surface area contributed by atoms with Crippen molar-refractivity contribution < 1.29 is 9.59 Å².